The summed E-state index contributed by atoms with van der Waals surface area (Å²) in [5.74, 6) is 1.85. The van der Waals surface area contributed by atoms with E-state index in [1.807, 2.05) is 57.2 Å². The number of fused-ring (bicyclic) bond motifs is 1. The summed E-state index contributed by atoms with van der Waals surface area (Å²) < 4.78 is 30.2. The summed E-state index contributed by atoms with van der Waals surface area (Å²) in [7, 11) is 1.70. The molecule has 1 saturated heterocycles. The van der Waals surface area contributed by atoms with Crippen molar-refractivity contribution in [2.45, 2.75) is 96.4 Å². The Kier molecular flexibility index (Phi) is 13.2. The minimum Gasteiger partial charge on any atom is -0.494 e. The predicted octanol–water partition coefficient (Wildman–Crippen LogP) is 8.40. The molecule has 3 atom stereocenters. The Bertz CT molecular complexity index is 1550. The largest absolute Gasteiger partial charge is 0.494 e. The van der Waals surface area contributed by atoms with Crippen LogP contribution in [-0.4, -0.2) is 68.6 Å². The normalized spacial score (nSPS) is 18.2. The molecule has 0 saturated carbocycles. The third-order valence-electron chi connectivity index (χ3n) is 9.23. The Balaban J connectivity index is 1.27. The number of methoxy groups -OCH3 is 1. The van der Waals surface area contributed by atoms with Gasteiger partial charge >= 0.3 is 6.09 Å². The number of hydrogen-bond donors (Lipinski definition) is 1. The number of aryl methyl sites for hydroxylation is 2. The summed E-state index contributed by atoms with van der Waals surface area (Å²) in [5, 5.41) is 3.04. The number of anilines is 1. The molecule has 0 spiro atoms. The van der Waals surface area contributed by atoms with E-state index >= 15 is 0 Å². The molecule has 0 bridgehead atoms. The quantitative estimate of drug-likeness (QED) is 0.161. The highest BCUT2D eigenvalue weighted by Gasteiger charge is 2.37. The number of nitrogens with zero attached hydrogens (tertiary/aromatic N) is 1. The third-order valence-corrected chi connectivity index (χ3v) is 9.23. The van der Waals surface area contributed by atoms with Crippen molar-refractivity contribution in [1.29, 1.82) is 0 Å². The summed E-state index contributed by atoms with van der Waals surface area (Å²) >= 11 is 0. The van der Waals surface area contributed by atoms with E-state index in [-0.39, 0.29) is 30.1 Å². The summed E-state index contributed by atoms with van der Waals surface area (Å²) in [6.45, 7) is 10.6. The highest BCUT2D eigenvalue weighted by Crippen LogP contribution is 2.38. The fourth-order valence-corrected chi connectivity index (χ4v) is 6.56. The number of hydrogen-bond acceptors (Lipinski definition) is 7. The Morgan fingerprint density at radius 3 is 2.44 bits per heavy atom. The maximum Gasteiger partial charge on any atom is 0.410 e. The van der Waals surface area contributed by atoms with Gasteiger partial charge in [-0.1, -0.05) is 42.5 Å². The fourth-order valence-electron chi connectivity index (χ4n) is 6.56. The number of carbonyl (C=O) groups excluding carboxylic acids is 2. The van der Waals surface area contributed by atoms with Gasteiger partial charge in [-0.2, -0.15) is 0 Å². The molecule has 3 unspecified atom stereocenters. The lowest BCUT2D eigenvalue weighted by atomic mass is 9.86. The van der Waals surface area contributed by atoms with Crippen molar-refractivity contribution in [3.05, 3.63) is 89.0 Å². The van der Waals surface area contributed by atoms with Crippen molar-refractivity contribution in [1.82, 2.24) is 4.90 Å². The lowest BCUT2D eigenvalue weighted by Crippen LogP contribution is -2.48. The Labute approximate surface area is 297 Å². The fraction of sp³-hybridized carbons (Fsp3) is 0.512. The molecular formula is C41H54N2O7. The minimum atomic E-state index is -0.593. The minimum absolute atomic E-state index is 0.0337. The molecule has 0 radical (unpaired) electrons. The molecule has 9 nitrogen and oxygen atoms in total. The number of rotatable bonds is 15. The second-order valence-corrected chi connectivity index (χ2v) is 14.3. The Morgan fingerprint density at radius 1 is 0.940 bits per heavy atom. The van der Waals surface area contributed by atoms with E-state index in [0.717, 1.165) is 78.0 Å². The highest BCUT2D eigenvalue weighted by atomic mass is 16.6. The van der Waals surface area contributed by atoms with Crippen LogP contribution in [0.3, 0.4) is 0 Å². The zero-order valence-corrected chi connectivity index (χ0v) is 30.4. The van der Waals surface area contributed by atoms with Crippen LogP contribution >= 0.6 is 0 Å². The molecule has 270 valence electrons. The van der Waals surface area contributed by atoms with E-state index in [1.165, 1.54) is 0 Å². The number of unbranched alkanes of at least 4 members (excludes halogenated alkanes) is 1. The third kappa shape index (κ3) is 10.7. The average Bonchev–Trinajstić information content (AvgIpc) is 3.09. The number of benzene rings is 3. The van der Waals surface area contributed by atoms with Crippen LogP contribution in [-0.2, 0) is 25.4 Å². The van der Waals surface area contributed by atoms with Gasteiger partial charge in [-0.3, -0.25) is 4.79 Å². The molecule has 9 heteroatoms. The molecule has 5 rings (SSSR count). The van der Waals surface area contributed by atoms with Gasteiger partial charge < -0.3 is 33.9 Å². The van der Waals surface area contributed by atoms with E-state index in [1.54, 1.807) is 12.0 Å². The summed E-state index contributed by atoms with van der Waals surface area (Å²) in [4.78, 5) is 27.2. The molecule has 0 aromatic heterocycles. The molecule has 3 aromatic rings. The van der Waals surface area contributed by atoms with Gasteiger partial charge in [0.25, 0.3) is 0 Å². The van der Waals surface area contributed by atoms with E-state index in [4.69, 9.17) is 23.7 Å². The molecule has 3 aromatic carbocycles. The van der Waals surface area contributed by atoms with Crippen molar-refractivity contribution in [2.24, 2.45) is 0 Å². The van der Waals surface area contributed by atoms with Crippen LogP contribution in [0.4, 0.5) is 10.5 Å². The van der Waals surface area contributed by atoms with Gasteiger partial charge in [-0.25, -0.2) is 4.79 Å². The number of carbonyl (C=O) groups is 2. The average molecular weight is 687 g/mol. The lowest BCUT2D eigenvalue weighted by Gasteiger charge is -2.40. The van der Waals surface area contributed by atoms with Crippen LogP contribution in [0, 0.1) is 6.92 Å². The van der Waals surface area contributed by atoms with Crippen LogP contribution in [0.1, 0.15) is 93.6 Å². The standard InChI is InChI=1S/C41H54N2O7/c1-29-11-6-7-12-36(29)48-26-9-8-25-47-33-19-16-30(17-20-33)34-22-23-43(40(45)50-41(2,3)4)28-38(34)49-37(13-10-24-46-5)32-15-14-31-18-21-39(44)42-35(31)27-32/h6-7,11-12,14-17,19-20,27,34,37-38H,8-10,13,18,21-26,28H2,1-5H3,(H,42,44). The van der Waals surface area contributed by atoms with Crippen molar-refractivity contribution in [3.8, 4) is 11.5 Å². The van der Waals surface area contributed by atoms with Gasteiger partial charge in [-0.15, -0.1) is 0 Å². The highest BCUT2D eigenvalue weighted by molar-refractivity contribution is 5.94. The molecular weight excluding hydrogens is 632 g/mol. The summed E-state index contributed by atoms with van der Waals surface area (Å²) in [5.41, 5.74) is 4.68. The molecule has 1 N–H and O–H groups in total. The molecule has 2 aliphatic heterocycles. The van der Waals surface area contributed by atoms with Crippen molar-refractivity contribution in [2.75, 3.05) is 45.3 Å². The van der Waals surface area contributed by atoms with Crippen LogP contribution in [0.15, 0.2) is 66.7 Å². The van der Waals surface area contributed by atoms with E-state index in [9.17, 15) is 9.59 Å². The lowest BCUT2D eigenvalue weighted by molar-refractivity contribution is -0.116. The van der Waals surface area contributed by atoms with Gasteiger partial charge in [0.05, 0.1) is 32.0 Å². The molecule has 2 amide bonds. The number of likely N-dealkylation sites (tertiary alicyclic amines) is 1. The second kappa shape index (κ2) is 17.7. The van der Waals surface area contributed by atoms with Gasteiger partial charge in [0.1, 0.15) is 17.1 Å². The van der Waals surface area contributed by atoms with E-state index in [0.29, 0.717) is 39.3 Å². The Hall–Kier alpha value is -4.08. The number of ether oxygens (including phenoxy) is 5. The first-order chi connectivity index (χ1) is 24.1. The zero-order chi connectivity index (χ0) is 35.5. The number of piperidine rings is 1. The monoisotopic (exact) mass is 686 g/mol. The second-order valence-electron chi connectivity index (χ2n) is 14.3. The van der Waals surface area contributed by atoms with Crippen molar-refractivity contribution >= 4 is 17.7 Å². The molecule has 0 aliphatic carbocycles. The molecule has 50 heavy (non-hydrogen) atoms. The number of nitrogens with one attached hydrogen (secondary N) is 1. The first kappa shape index (κ1) is 37.2. The smallest absolute Gasteiger partial charge is 0.410 e. The first-order valence-electron chi connectivity index (χ1n) is 18.1. The van der Waals surface area contributed by atoms with Crippen LogP contribution in [0.2, 0.25) is 0 Å². The van der Waals surface area contributed by atoms with Gasteiger partial charge in [-0.05, 0) is 113 Å². The van der Waals surface area contributed by atoms with E-state index < -0.39 is 5.60 Å². The van der Waals surface area contributed by atoms with E-state index in [2.05, 4.69) is 42.6 Å². The maximum atomic E-state index is 13.2. The number of amides is 2. The maximum absolute atomic E-state index is 13.2. The topological polar surface area (TPSA) is 95.6 Å². The van der Waals surface area contributed by atoms with Crippen LogP contribution in [0.25, 0.3) is 0 Å². The predicted molar refractivity (Wildman–Crippen MR) is 195 cm³/mol. The van der Waals surface area contributed by atoms with Crippen molar-refractivity contribution in [3.63, 3.8) is 0 Å². The van der Waals surface area contributed by atoms with Gasteiger partial charge in [0, 0.05) is 38.3 Å². The van der Waals surface area contributed by atoms with Gasteiger partial charge in [0.2, 0.25) is 5.91 Å². The van der Waals surface area contributed by atoms with Crippen LogP contribution < -0.4 is 14.8 Å². The number of para-hydroxylation sites is 1. The summed E-state index contributed by atoms with van der Waals surface area (Å²) in [6.07, 6.45) is 4.44. The van der Waals surface area contributed by atoms with Crippen LogP contribution in [0.5, 0.6) is 11.5 Å². The summed E-state index contributed by atoms with van der Waals surface area (Å²) in [6, 6.07) is 22.6. The van der Waals surface area contributed by atoms with Crippen molar-refractivity contribution < 1.29 is 33.3 Å². The molecule has 2 aliphatic rings. The Morgan fingerprint density at radius 2 is 1.70 bits per heavy atom. The molecule has 1 fully saturated rings. The zero-order valence-electron chi connectivity index (χ0n) is 30.4. The SMILES string of the molecule is COCCCC(OC1CN(C(=O)OC(C)(C)C)CCC1c1ccc(OCCCCOc2ccccc2C)cc1)c1ccc2c(c1)NC(=O)CC2. The van der Waals surface area contributed by atoms with Gasteiger partial charge in [0.15, 0.2) is 0 Å². The molecule has 2 heterocycles. The first-order valence-corrected chi connectivity index (χ1v) is 18.1.